The van der Waals surface area contributed by atoms with E-state index in [2.05, 4.69) is 22.1 Å². The quantitative estimate of drug-likeness (QED) is 0.588. The topological polar surface area (TPSA) is 61.4 Å². The Morgan fingerprint density at radius 3 is 2.47 bits per heavy atom. The first-order chi connectivity index (χ1) is 9.13. The van der Waals surface area contributed by atoms with Gasteiger partial charge in [-0.25, -0.2) is 4.79 Å². The second-order valence-corrected chi connectivity index (χ2v) is 5.11. The molecule has 0 aromatic heterocycles. The van der Waals surface area contributed by atoms with Crippen LogP contribution in [0.4, 0.5) is 4.79 Å². The first-order valence-electron chi connectivity index (χ1n) is 7.02. The third-order valence-corrected chi connectivity index (χ3v) is 3.50. The molecule has 0 bridgehead atoms. The van der Waals surface area contributed by atoms with Crippen LogP contribution in [0.2, 0.25) is 0 Å². The number of nitrogens with one attached hydrogen (secondary N) is 2. The van der Waals surface area contributed by atoms with E-state index in [0.717, 1.165) is 12.8 Å². The number of likely N-dealkylation sites (N-methyl/N-ethyl adjacent to an activating group) is 1. The summed E-state index contributed by atoms with van der Waals surface area (Å²) in [6, 6.07) is 0.00338. The molecule has 108 valence electrons. The van der Waals surface area contributed by atoms with Crippen molar-refractivity contribution in [1.82, 2.24) is 15.5 Å². The van der Waals surface area contributed by atoms with Gasteiger partial charge in [0.25, 0.3) is 0 Å². The molecule has 0 aliphatic heterocycles. The number of rotatable bonds is 5. The molecule has 0 spiro atoms. The summed E-state index contributed by atoms with van der Waals surface area (Å²) in [6.07, 6.45) is 8.91. The maximum Gasteiger partial charge on any atom is 0.321 e. The number of nitrogens with zero attached hydrogens (tertiary/aromatic N) is 1. The minimum absolute atomic E-state index is 0.256. The number of urea groups is 1. The summed E-state index contributed by atoms with van der Waals surface area (Å²) >= 11 is 0. The Kier molecular flexibility index (Phi) is 7.18. The van der Waals surface area contributed by atoms with E-state index in [1.807, 2.05) is 7.05 Å². The van der Waals surface area contributed by atoms with Crippen LogP contribution in [0.1, 0.15) is 38.5 Å². The van der Waals surface area contributed by atoms with E-state index in [1.54, 1.807) is 6.08 Å². The third-order valence-electron chi connectivity index (χ3n) is 3.50. The Labute approximate surface area is 115 Å². The molecule has 0 radical (unpaired) electrons. The van der Waals surface area contributed by atoms with Crippen molar-refractivity contribution < 1.29 is 9.59 Å². The van der Waals surface area contributed by atoms with Crippen LogP contribution in [0.15, 0.2) is 12.7 Å². The molecule has 1 aliphatic rings. The van der Waals surface area contributed by atoms with E-state index in [1.165, 1.54) is 25.7 Å². The minimum Gasteiger partial charge on any atom is -0.334 e. The molecule has 1 fully saturated rings. The molecule has 5 heteroatoms. The van der Waals surface area contributed by atoms with Crippen LogP contribution < -0.4 is 10.6 Å². The van der Waals surface area contributed by atoms with E-state index >= 15 is 0 Å². The van der Waals surface area contributed by atoms with Gasteiger partial charge in [-0.05, 0) is 19.9 Å². The monoisotopic (exact) mass is 267 g/mol. The number of carbonyl (C=O) groups excluding carboxylic acids is 2. The summed E-state index contributed by atoms with van der Waals surface area (Å²) in [5, 5.41) is 4.84. The Hall–Kier alpha value is -1.36. The highest BCUT2D eigenvalue weighted by Crippen LogP contribution is 2.20. The van der Waals surface area contributed by atoms with Gasteiger partial charge < -0.3 is 5.32 Å². The number of amides is 3. The third kappa shape index (κ3) is 6.38. The summed E-state index contributed by atoms with van der Waals surface area (Å²) in [6.45, 7) is 4.12. The highest BCUT2D eigenvalue weighted by atomic mass is 16.2. The van der Waals surface area contributed by atoms with Gasteiger partial charge in [0.2, 0.25) is 5.91 Å². The molecule has 5 nitrogen and oxygen atoms in total. The van der Waals surface area contributed by atoms with Crippen molar-refractivity contribution in [3.63, 3.8) is 0 Å². The Morgan fingerprint density at radius 1 is 1.26 bits per heavy atom. The summed E-state index contributed by atoms with van der Waals surface area (Å²) in [5.41, 5.74) is 0. The maximum absolute atomic E-state index is 11.7. The normalized spacial score (nSPS) is 16.7. The zero-order valence-corrected chi connectivity index (χ0v) is 11.8. The van der Waals surface area contributed by atoms with Gasteiger partial charge in [-0.15, -0.1) is 6.58 Å². The van der Waals surface area contributed by atoms with E-state index in [0.29, 0.717) is 12.6 Å². The first-order valence-corrected chi connectivity index (χ1v) is 7.02. The van der Waals surface area contributed by atoms with Gasteiger partial charge in [-0.3, -0.25) is 15.0 Å². The van der Waals surface area contributed by atoms with Gasteiger partial charge in [0.05, 0.1) is 6.54 Å². The van der Waals surface area contributed by atoms with Crippen LogP contribution in [0.5, 0.6) is 0 Å². The van der Waals surface area contributed by atoms with Crippen molar-refractivity contribution in [3.8, 4) is 0 Å². The number of hydrogen-bond acceptors (Lipinski definition) is 3. The van der Waals surface area contributed by atoms with Crippen LogP contribution in [-0.2, 0) is 4.79 Å². The van der Waals surface area contributed by atoms with Crippen LogP contribution in [0.25, 0.3) is 0 Å². The molecular formula is C14H25N3O2. The van der Waals surface area contributed by atoms with Crippen LogP contribution in [-0.4, -0.2) is 43.0 Å². The van der Waals surface area contributed by atoms with E-state index in [4.69, 9.17) is 0 Å². The highest BCUT2D eigenvalue weighted by Gasteiger charge is 2.19. The first kappa shape index (κ1) is 15.7. The molecule has 1 saturated carbocycles. The Balaban J connectivity index is 2.29. The molecule has 0 aromatic rings. The highest BCUT2D eigenvalue weighted by molar-refractivity contribution is 5.95. The fraction of sp³-hybridized carbons (Fsp3) is 0.714. The van der Waals surface area contributed by atoms with E-state index in [-0.39, 0.29) is 12.5 Å². The molecule has 0 atom stereocenters. The van der Waals surface area contributed by atoms with Crippen molar-refractivity contribution in [3.05, 3.63) is 12.7 Å². The fourth-order valence-corrected chi connectivity index (χ4v) is 2.43. The van der Waals surface area contributed by atoms with Crippen molar-refractivity contribution in [2.24, 2.45) is 0 Å². The van der Waals surface area contributed by atoms with Crippen LogP contribution >= 0.6 is 0 Å². The van der Waals surface area contributed by atoms with Gasteiger partial charge in [0.15, 0.2) is 0 Å². The molecule has 2 N–H and O–H groups in total. The lowest BCUT2D eigenvalue weighted by Crippen LogP contribution is -2.45. The zero-order chi connectivity index (χ0) is 14.1. The van der Waals surface area contributed by atoms with E-state index < -0.39 is 6.03 Å². The maximum atomic E-state index is 11.7. The van der Waals surface area contributed by atoms with Crippen molar-refractivity contribution in [1.29, 1.82) is 0 Å². The molecule has 0 aromatic carbocycles. The molecule has 1 aliphatic carbocycles. The smallest absolute Gasteiger partial charge is 0.321 e. The van der Waals surface area contributed by atoms with Crippen molar-refractivity contribution in [2.45, 2.75) is 44.6 Å². The molecule has 0 unspecified atom stereocenters. The second kappa shape index (κ2) is 8.69. The summed E-state index contributed by atoms with van der Waals surface area (Å²) in [7, 11) is 1.96. The SMILES string of the molecule is C=CCNC(=O)NC(=O)CN(C)C1CCCCCC1. The lowest BCUT2D eigenvalue weighted by Gasteiger charge is -2.26. The van der Waals surface area contributed by atoms with Gasteiger partial charge in [0, 0.05) is 12.6 Å². The van der Waals surface area contributed by atoms with Crippen LogP contribution in [0, 0.1) is 0 Å². The van der Waals surface area contributed by atoms with Gasteiger partial charge in [-0.2, -0.15) is 0 Å². The molecular weight excluding hydrogens is 242 g/mol. The van der Waals surface area contributed by atoms with Crippen molar-refractivity contribution >= 4 is 11.9 Å². The van der Waals surface area contributed by atoms with E-state index in [9.17, 15) is 9.59 Å². The summed E-state index contributed by atoms with van der Waals surface area (Å²) in [4.78, 5) is 25.1. The molecule has 0 saturated heterocycles. The zero-order valence-electron chi connectivity index (χ0n) is 11.8. The van der Waals surface area contributed by atoms with Gasteiger partial charge >= 0.3 is 6.03 Å². The van der Waals surface area contributed by atoms with Crippen LogP contribution in [0.3, 0.4) is 0 Å². The second-order valence-electron chi connectivity index (χ2n) is 5.11. The largest absolute Gasteiger partial charge is 0.334 e. The molecule has 19 heavy (non-hydrogen) atoms. The average Bonchev–Trinajstić information content (AvgIpc) is 2.64. The predicted octanol–water partition coefficient (Wildman–Crippen LogP) is 1.65. The minimum atomic E-state index is -0.459. The van der Waals surface area contributed by atoms with Crippen molar-refractivity contribution in [2.75, 3.05) is 20.1 Å². The number of imide groups is 1. The Morgan fingerprint density at radius 2 is 1.89 bits per heavy atom. The molecule has 1 rings (SSSR count). The standard InChI is InChI=1S/C14H25N3O2/c1-3-10-15-14(19)16-13(18)11-17(2)12-8-6-4-5-7-9-12/h3,12H,1,4-11H2,2H3,(H2,15,16,18,19). The lowest BCUT2D eigenvalue weighted by atomic mass is 10.1. The Bertz CT molecular complexity index is 310. The fourth-order valence-electron chi connectivity index (χ4n) is 2.43. The molecule has 3 amide bonds. The number of hydrogen-bond donors (Lipinski definition) is 2. The summed E-state index contributed by atoms with van der Waals surface area (Å²) in [5.74, 6) is -0.256. The van der Waals surface area contributed by atoms with Gasteiger partial charge in [0.1, 0.15) is 0 Å². The van der Waals surface area contributed by atoms with Gasteiger partial charge in [-0.1, -0.05) is 31.8 Å². The average molecular weight is 267 g/mol. The lowest BCUT2D eigenvalue weighted by molar-refractivity contribution is -0.121. The molecule has 0 heterocycles. The number of carbonyl (C=O) groups is 2. The summed E-state index contributed by atoms with van der Waals surface area (Å²) < 4.78 is 0. The predicted molar refractivity (Wildman–Crippen MR) is 75.9 cm³/mol.